The van der Waals surface area contributed by atoms with Gasteiger partial charge in [0.1, 0.15) is 40.3 Å². The van der Waals surface area contributed by atoms with Gasteiger partial charge in [-0.15, -0.1) is 0 Å². The second-order valence-corrected chi connectivity index (χ2v) is 15.8. The first-order valence-electron chi connectivity index (χ1n) is 21.2. The molecule has 0 saturated carbocycles. The summed E-state index contributed by atoms with van der Waals surface area (Å²) in [5.41, 5.74) is 2.49. The van der Waals surface area contributed by atoms with Crippen molar-refractivity contribution < 1.29 is 97.1 Å². The second-order valence-electron chi connectivity index (χ2n) is 15.8. The highest BCUT2D eigenvalue weighted by Gasteiger charge is 2.22. The quantitative estimate of drug-likeness (QED) is 0.0910. The van der Waals surface area contributed by atoms with Crippen molar-refractivity contribution >= 4 is 40.5 Å². The van der Waals surface area contributed by atoms with Crippen molar-refractivity contribution in [2.45, 2.75) is 13.8 Å². The SMILES string of the molecule is CC(C)=O.O.O.O.O.O.O.O=C(c1ccc(O)cc1)c1cc(C(=O)c2ccc(O)cc2)cc(C(=O)c2ccc(O)cc2)c1.O=C(c1ccc(O)cc1)c1cc(C(=O)c2ccc(O)cc2)cc(C(=O)c2ccc(O)cc2)c1. The Bertz CT molecular complexity index is 2670. The number of rotatable bonds is 12. The van der Waals surface area contributed by atoms with E-state index in [4.69, 9.17) is 0 Å². The Morgan fingerprint density at radius 3 is 0.395 bits per heavy atom. The van der Waals surface area contributed by atoms with Gasteiger partial charge >= 0.3 is 0 Å². The van der Waals surface area contributed by atoms with Crippen molar-refractivity contribution in [1.29, 1.82) is 0 Å². The largest absolute Gasteiger partial charge is 0.508 e. The molecule has 8 rings (SSSR count). The number of carbonyl (C=O) groups excluding carboxylic acids is 7. The maximum atomic E-state index is 13.1. The standard InChI is InChI=1S/2C27H18O6.C3H6O.6H2O/c2*28-22-7-1-16(2-8-22)25(31)19-13-20(26(32)17-3-9-23(29)10-4-17)15-21(14-19)27(33)18-5-11-24(30)12-6-18;1-3(2)4;;;;;;/h2*1-15,28-30H;1-2H3;6*1H2. The highest BCUT2D eigenvalue weighted by atomic mass is 16.3. The molecule has 0 radical (unpaired) electrons. The first-order chi connectivity index (χ1) is 33.4. The molecule has 0 aliphatic heterocycles. The molecule has 396 valence electrons. The van der Waals surface area contributed by atoms with Gasteiger partial charge in [-0.05, 0) is 196 Å². The Morgan fingerprint density at radius 1 is 0.211 bits per heavy atom. The highest BCUT2D eigenvalue weighted by Crippen LogP contribution is 2.25. The molecule has 0 bridgehead atoms. The Labute approximate surface area is 433 Å². The molecule has 0 amide bonds. The molecule has 19 nitrogen and oxygen atoms in total. The molecule has 0 unspecified atom stereocenters. The van der Waals surface area contributed by atoms with Crippen LogP contribution in [0, 0.1) is 0 Å². The zero-order valence-electron chi connectivity index (χ0n) is 40.4. The van der Waals surface area contributed by atoms with Gasteiger partial charge in [0.05, 0.1) is 0 Å². The summed E-state index contributed by atoms with van der Waals surface area (Å²) >= 11 is 0. The van der Waals surface area contributed by atoms with Crippen LogP contribution in [0.3, 0.4) is 0 Å². The lowest BCUT2D eigenvalue weighted by molar-refractivity contribution is -0.115. The number of benzene rings is 8. The highest BCUT2D eigenvalue weighted by molar-refractivity contribution is 6.18. The molecular weight excluding hydrogens is 989 g/mol. The van der Waals surface area contributed by atoms with Gasteiger partial charge in [0.2, 0.25) is 0 Å². The predicted molar refractivity (Wildman–Crippen MR) is 280 cm³/mol. The molecule has 19 heteroatoms. The number of phenolic OH excluding ortho intramolecular Hbond substituents is 6. The van der Waals surface area contributed by atoms with Crippen LogP contribution in [-0.2, 0) is 4.79 Å². The minimum absolute atomic E-state index is 0. The number of hydrogen-bond donors (Lipinski definition) is 6. The normalized spacial score (nSPS) is 9.50. The second kappa shape index (κ2) is 29.5. The van der Waals surface area contributed by atoms with Crippen LogP contribution in [0.5, 0.6) is 34.5 Å². The summed E-state index contributed by atoms with van der Waals surface area (Å²) in [6.07, 6.45) is 0. The average Bonchev–Trinajstić information content (AvgIpc) is 3.36. The van der Waals surface area contributed by atoms with E-state index in [9.17, 15) is 64.2 Å². The molecule has 18 N–H and O–H groups in total. The zero-order chi connectivity index (χ0) is 50.6. The molecule has 0 heterocycles. The Kier molecular flexibility index (Phi) is 25.6. The van der Waals surface area contributed by atoms with Gasteiger partial charge in [0.15, 0.2) is 34.7 Å². The van der Waals surface area contributed by atoms with Gasteiger partial charge in [-0.25, -0.2) is 0 Å². The third-order valence-corrected chi connectivity index (χ3v) is 10.2. The Balaban J connectivity index is 0.00000129. The summed E-state index contributed by atoms with van der Waals surface area (Å²) in [5.74, 6) is -2.33. The number of phenols is 6. The van der Waals surface area contributed by atoms with Crippen LogP contribution < -0.4 is 0 Å². The fourth-order valence-corrected chi connectivity index (χ4v) is 6.72. The summed E-state index contributed by atoms with van der Waals surface area (Å²) in [6.45, 7) is 3.06. The topological polar surface area (TPSA) is 430 Å². The Morgan fingerprint density at radius 2 is 0.303 bits per heavy atom. The number of aromatic hydroxyl groups is 6. The summed E-state index contributed by atoms with van der Waals surface area (Å²) < 4.78 is 0. The maximum Gasteiger partial charge on any atom is 0.193 e. The monoisotopic (exact) mass is 1040 g/mol. The molecule has 0 fully saturated rings. The van der Waals surface area contributed by atoms with Crippen LogP contribution >= 0.6 is 0 Å². The van der Waals surface area contributed by atoms with Gasteiger partial charge in [0, 0.05) is 66.8 Å². The van der Waals surface area contributed by atoms with E-state index in [1.165, 1.54) is 196 Å². The van der Waals surface area contributed by atoms with E-state index in [-0.39, 0.29) is 140 Å². The third-order valence-electron chi connectivity index (χ3n) is 10.2. The van der Waals surface area contributed by atoms with E-state index in [1.807, 2.05) is 0 Å². The predicted octanol–water partition coefficient (Wildman–Crippen LogP) is 4.64. The first-order valence-corrected chi connectivity index (χ1v) is 21.2. The van der Waals surface area contributed by atoms with Crippen molar-refractivity contribution in [2.75, 3.05) is 0 Å². The van der Waals surface area contributed by atoms with E-state index >= 15 is 0 Å². The van der Waals surface area contributed by atoms with Crippen molar-refractivity contribution in [3.63, 3.8) is 0 Å². The molecule has 8 aromatic carbocycles. The van der Waals surface area contributed by atoms with Crippen LogP contribution in [-0.4, -0.2) is 104 Å². The summed E-state index contributed by atoms with van der Waals surface area (Å²) in [6, 6.07) is 42.4. The van der Waals surface area contributed by atoms with Gasteiger partial charge in [-0.3, -0.25) is 28.8 Å². The van der Waals surface area contributed by atoms with Crippen LogP contribution in [0.15, 0.2) is 182 Å². The minimum atomic E-state index is -0.421. The molecule has 0 saturated heterocycles. The van der Waals surface area contributed by atoms with Crippen molar-refractivity contribution in [1.82, 2.24) is 0 Å². The fourth-order valence-electron chi connectivity index (χ4n) is 6.72. The summed E-state index contributed by atoms with van der Waals surface area (Å²) in [5, 5.41) is 57.0. The zero-order valence-corrected chi connectivity index (χ0v) is 40.4. The van der Waals surface area contributed by atoms with Gasteiger partial charge in [0.25, 0.3) is 0 Å². The lowest BCUT2D eigenvalue weighted by atomic mass is 9.92. The van der Waals surface area contributed by atoms with Crippen LogP contribution in [0.2, 0.25) is 0 Å². The van der Waals surface area contributed by atoms with Gasteiger partial charge in [-0.2, -0.15) is 0 Å². The number of Topliss-reactive ketones (excluding diaryl/α,β-unsaturated/α-hetero) is 1. The molecule has 0 spiro atoms. The van der Waals surface area contributed by atoms with E-state index in [2.05, 4.69) is 0 Å². The van der Waals surface area contributed by atoms with Crippen LogP contribution in [0.1, 0.15) is 109 Å². The third kappa shape index (κ3) is 17.1. The summed E-state index contributed by atoms with van der Waals surface area (Å²) in [7, 11) is 0. The van der Waals surface area contributed by atoms with Crippen LogP contribution in [0.25, 0.3) is 0 Å². The lowest BCUT2D eigenvalue weighted by Gasteiger charge is -2.10. The molecule has 0 atom stereocenters. The van der Waals surface area contributed by atoms with E-state index < -0.39 is 34.7 Å². The van der Waals surface area contributed by atoms with Crippen LogP contribution in [0.4, 0.5) is 0 Å². The van der Waals surface area contributed by atoms with Gasteiger partial charge in [-0.1, -0.05) is 0 Å². The maximum absolute atomic E-state index is 13.1. The van der Waals surface area contributed by atoms with E-state index in [1.54, 1.807) is 0 Å². The van der Waals surface area contributed by atoms with E-state index in [0.717, 1.165) is 0 Å². The number of carbonyl (C=O) groups is 7. The van der Waals surface area contributed by atoms with Crippen molar-refractivity contribution in [2.24, 2.45) is 0 Å². The molecule has 76 heavy (non-hydrogen) atoms. The van der Waals surface area contributed by atoms with Crippen molar-refractivity contribution in [3.05, 3.63) is 249 Å². The van der Waals surface area contributed by atoms with Gasteiger partial charge < -0.3 is 68.3 Å². The average molecular weight is 1040 g/mol. The van der Waals surface area contributed by atoms with Crippen molar-refractivity contribution in [3.8, 4) is 34.5 Å². The lowest BCUT2D eigenvalue weighted by Crippen LogP contribution is -2.10. The molecular formula is C57H54O19. The molecule has 0 aliphatic rings. The number of hydrogen-bond acceptors (Lipinski definition) is 13. The summed E-state index contributed by atoms with van der Waals surface area (Å²) in [4.78, 5) is 88.0. The first kappa shape index (κ1) is 66.0. The fraction of sp³-hybridized carbons (Fsp3) is 0.0351. The molecule has 0 aliphatic carbocycles. The minimum Gasteiger partial charge on any atom is -0.508 e. The number of ketones is 7. The smallest absolute Gasteiger partial charge is 0.193 e. The Hall–Kier alpha value is -9.99. The molecule has 0 aromatic heterocycles. The van der Waals surface area contributed by atoms with E-state index in [0.29, 0.717) is 0 Å². The molecule has 8 aromatic rings.